The van der Waals surface area contributed by atoms with Gasteiger partial charge in [0.05, 0.1) is 0 Å². The third kappa shape index (κ3) is 2.15. The summed E-state index contributed by atoms with van der Waals surface area (Å²) in [5, 5.41) is 0. The van der Waals surface area contributed by atoms with Crippen molar-refractivity contribution in [2.45, 2.75) is 31.7 Å². The van der Waals surface area contributed by atoms with Crippen LogP contribution in [0.4, 0.5) is 0 Å². The molecule has 0 bridgehead atoms. The molecule has 1 amide bonds. The lowest BCUT2D eigenvalue weighted by Crippen LogP contribution is -2.41. The molecule has 0 radical (unpaired) electrons. The van der Waals surface area contributed by atoms with Crippen molar-refractivity contribution in [1.82, 2.24) is 4.90 Å². The van der Waals surface area contributed by atoms with Crippen LogP contribution in [0.1, 0.15) is 24.0 Å². The van der Waals surface area contributed by atoms with E-state index in [0.29, 0.717) is 18.5 Å². The van der Waals surface area contributed by atoms with Crippen LogP contribution in [-0.4, -0.2) is 29.9 Å². The summed E-state index contributed by atoms with van der Waals surface area (Å²) in [6, 6.07) is 8.89. The molecule has 0 unspecified atom stereocenters. The summed E-state index contributed by atoms with van der Waals surface area (Å²) in [5.41, 5.74) is 8.31. The van der Waals surface area contributed by atoms with E-state index in [1.807, 2.05) is 4.90 Å². The molecule has 3 rings (SSSR count). The molecule has 18 heavy (non-hydrogen) atoms. The number of nitrogens with two attached hydrogens (primary N) is 1. The molecule has 3 nitrogen and oxygen atoms in total. The zero-order chi connectivity index (χ0) is 12.5. The summed E-state index contributed by atoms with van der Waals surface area (Å²) < 4.78 is 0. The largest absolute Gasteiger partial charge is 0.338 e. The van der Waals surface area contributed by atoms with Gasteiger partial charge in [-0.2, -0.15) is 0 Å². The Labute approximate surface area is 108 Å². The number of hydrogen-bond acceptors (Lipinski definition) is 2. The molecule has 0 spiro atoms. The van der Waals surface area contributed by atoms with Gasteiger partial charge in [-0.15, -0.1) is 0 Å². The number of carbonyl (C=O) groups excluding carboxylic acids is 1. The first-order valence-corrected chi connectivity index (χ1v) is 6.87. The highest BCUT2D eigenvalue weighted by Crippen LogP contribution is 2.32. The van der Waals surface area contributed by atoms with Gasteiger partial charge in [-0.25, -0.2) is 0 Å². The molecule has 0 saturated heterocycles. The first-order chi connectivity index (χ1) is 8.79. The minimum absolute atomic E-state index is 0.148. The van der Waals surface area contributed by atoms with Crippen molar-refractivity contribution in [3.05, 3.63) is 35.4 Å². The maximum Gasteiger partial charge on any atom is 0.226 e. The Hall–Kier alpha value is -1.35. The predicted octanol–water partition coefficient (Wildman–Crippen LogP) is 1.35. The average molecular weight is 244 g/mol. The number of fused-ring (bicyclic) bond motifs is 1. The molecule has 1 aromatic carbocycles. The molecule has 1 aromatic rings. The van der Waals surface area contributed by atoms with Crippen molar-refractivity contribution >= 4 is 5.91 Å². The number of hydrogen-bond donors (Lipinski definition) is 1. The van der Waals surface area contributed by atoms with Crippen molar-refractivity contribution in [2.75, 3.05) is 13.1 Å². The summed E-state index contributed by atoms with van der Waals surface area (Å²) >= 11 is 0. The van der Waals surface area contributed by atoms with Crippen LogP contribution in [0.15, 0.2) is 24.3 Å². The zero-order valence-corrected chi connectivity index (χ0v) is 10.6. The Morgan fingerprint density at radius 3 is 2.33 bits per heavy atom. The molecule has 96 valence electrons. The SMILES string of the molecule is NCCN(C(=O)C1Cc2ccccc2C1)C1CC1. The molecule has 3 heteroatoms. The van der Waals surface area contributed by atoms with Gasteiger partial charge < -0.3 is 10.6 Å². The molecule has 1 saturated carbocycles. The van der Waals surface area contributed by atoms with Crippen molar-refractivity contribution in [3.8, 4) is 0 Å². The van der Waals surface area contributed by atoms with Gasteiger partial charge in [0.25, 0.3) is 0 Å². The van der Waals surface area contributed by atoms with Crippen LogP contribution < -0.4 is 5.73 Å². The standard InChI is InChI=1S/C15H20N2O/c16-7-8-17(14-5-6-14)15(18)13-9-11-3-1-2-4-12(11)10-13/h1-4,13-14H,5-10,16H2. The molecule has 2 aliphatic carbocycles. The Kier molecular flexibility index (Phi) is 3.08. The van der Waals surface area contributed by atoms with E-state index in [1.54, 1.807) is 0 Å². The first kappa shape index (κ1) is 11.7. The van der Waals surface area contributed by atoms with Gasteiger partial charge in [0, 0.05) is 25.0 Å². The molecular weight excluding hydrogens is 224 g/mol. The van der Waals surface area contributed by atoms with E-state index in [-0.39, 0.29) is 5.92 Å². The maximum atomic E-state index is 12.6. The normalized spacial score (nSPS) is 18.7. The summed E-state index contributed by atoms with van der Waals surface area (Å²) in [6.45, 7) is 1.29. The topological polar surface area (TPSA) is 46.3 Å². The smallest absolute Gasteiger partial charge is 0.226 e. The molecule has 1 fully saturated rings. The van der Waals surface area contributed by atoms with Gasteiger partial charge in [0.2, 0.25) is 5.91 Å². The molecule has 2 aliphatic rings. The van der Waals surface area contributed by atoms with Crippen LogP contribution in [0.25, 0.3) is 0 Å². The first-order valence-electron chi connectivity index (χ1n) is 6.87. The highest BCUT2D eigenvalue weighted by molar-refractivity contribution is 5.81. The summed E-state index contributed by atoms with van der Waals surface area (Å²) in [6.07, 6.45) is 4.13. The number of amides is 1. The fourth-order valence-corrected chi connectivity index (χ4v) is 2.97. The minimum Gasteiger partial charge on any atom is -0.338 e. The lowest BCUT2D eigenvalue weighted by atomic mass is 10.0. The van der Waals surface area contributed by atoms with Gasteiger partial charge in [0.15, 0.2) is 0 Å². The second-order valence-electron chi connectivity index (χ2n) is 5.43. The van der Waals surface area contributed by atoms with E-state index in [9.17, 15) is 4.79 Å². The van der Waals surface area contributed by atoms with Crippen LogP contribution in [0.5, 0.6) is 0 Å². The van der Waals surface area contributed by atoms with Crippen LogP contribution in [0.3, 0.4) is 0 Å². The fraction of sp³-hybridized carbons (Fsp3) is 0.533. The van der Waals surface area contributed by atoms with Gasteiger partial charge in [-0.1, -0.05) is 24.3 Å². The summed E-state index contributed by atoms with van der Waals surface area (Å²) in [5.74, 6) is 0.466. The number of benzene rings is 1. The zero-order valence-electron chi connectivity index (χ0n) is 10.6. The van der Waals surface area contributed by atoms with Crippen molar-refractivity contribution < 1.29 is 4.79 Å². The molecular formula is C15H20N2O. The highest BCUT2D eigenvalue weighted by Gasteiger charge is 2.37. The molecule has 0 heterocycles. The minimum atomic E-state index is 0.148. The average Bonchev–Trinajstić information content (AvgIpc) is 3.13. The van der Waals surface area contributed by atoms with Gasteiger partial charge >= 0.3 is 0 Å². The Balaban J connectivity index is 1.71. The lowest BCUT2D eigenvalue weighted by molar-refractivity contribution is -0.135. The number of rotatable bonds is 4. The Morgan fingerprint density at radius 2 is 1.83 bits per heavy atom. The van der Waals surface area contributed by atoms with Crippen LogP contribution in [0, 0.1) is 5.92 Å². The van der Waals surface area contributed by atoms with E-state index < -0.39 is 0 Å². The molecule has 0 aromatic heterocycles. The third-order valence-electron chi connectivity index (χ3n) is 4.04. The van der Waals surface area contributed by atoms with Crippen LogP contribution in [0.2, 0.25) is 0 Å². The Bertz CT molecular complexity index is 429. The third-order valence-corrected chi connectivity index (χ3v) is 4.04. The van der Waals surface area contributed by atoms with Crippen LogP contribution >= 0.6 is 0 Å². The van der Waals surface area contributed by atoms with E-state index in [0.717, 1.165) is 32.2 Å². The van der Waals surface area contributed by atoms with E-state index >= 15 is 0 Å². The lowest BCUT2D eigenvalue weighted by Gasteiger charge is -2.24. The Morgan fingerprint density at radius 1 is 1.22 bits per heavy atom. The predicted molar refractivity (Wildman–Crippen MR) is 71.1 cm³/mol. The van der Waals surface area contributed by atoms with E-state index in [4.69, 9.17) is 5.73 Å². The second kappa shape index (κ2) is 4.73. The summed E-state index contributed by atoms with van der Waals surface area (Å²) in [4.78, 5) is 14.6. The van der Waals surface area contributed by atoms with E-state index in [1.165, 1.54) is 11.1 Å². The maximum absolute atomic E-state index is 12.6. The van der Waals surface area contributed by atoms with E-state index in [2.05, 4.69) is 24.3 Å². The number of carbonyl (C=O) groups is 1. The monoisotopic (exact) mass is 244 g/mol. The van der Waals surface area contributed by atoms with Crippen molar-refractivity contribution in [1.29, 1.82) is 0 Å². The van der Waals surface area contributed by atoms with Gasteiger partial charge in [-0.3, -0.25) is 4.79 Å². The molecule has 0 aliphatic heterocycles. The van der Waals surface area contributed by atoms with Gasteiger partial charge in [-0.05, 0) is 36.8 Å². The quantitative estimate of drug-likeness (QED) is 0.869. The fourth-order valence-electron chi connectivity index (χ4n) is 2.97. The van der Waals surface area contributed by atoms with Gasteiger partial charge in [0.1, 0.15) is 0 Å². The van der Waals surface area contributed by atoms with Crippen molar-refractivity contribution in [2.24, 2.45) is 11.7 Å². The number of nitrogens with zero attached hydrogens (tertiary/aromatic N) is 1. The summed E-state index contributed by atoms with van der Waals surface area (Å²) in [7, 11) is 0. The molecule has 2 N–H and O–H groups in total. The second-order valence-corrected chi connectivity index (χ2v) is 5.43. The van der Waals surface area contributed by atoms with Crippen molar-refractivity contribution in [3.63, 3.8) is 0 Å². The molecule has 0 atom stereocenters. The highest BCUT2D eigenvalue weighted by atomic mass is 16.2. The van der Waals surface area contributed by atoms with Crippen LogP contribution in [-0.2, 0) is 17.6 Å².